The minimum atomic E-state index is -4.40. The topological polar surface area (TPSA) is 108 Å². The lowest BCUT2D eigenvalue weighted by Gasteiger charge is -2.24. The van der Waals surface area contributed by atoms with Gasteiger partial charge in [0.25, 0.3) is 0 Å². The van der Waals surface area contributed by atoms with Crippen molar-refractivity contribution in [3.63, 3.8) is 0 Å². The number of carbonyl (C=O) groups is 2. The Hall–Kier alpha value is -2.81. The van der Waals surface area contributed by atoms with Crippen LogP contribution in [0.4, 0.5) is 0 Å². The SMILES string of the molecule is CC/C=C\C/C=C\C/C=C\C/C=C\C/C=C\C/C=C\C/C=C\CCCCCCCCCCCCCCCCCC(=O)OC(COC(=O)CCCCCCCCCCCCCCCCCCCCCCCCCCCCCCCCCCC)COP(=O)(O)OCC[N+](C)(C)C. The quantitative estimate of drug-likeness (QED) is 0.0211. The van der Waals surface area contributed by atoms with Crippen molar-refractivity contribution in [2.45, 2.75) is 392 Å². The van der Waals surface area contributed by atoms with E-state index in [0.717, 1.165) is 77.0 Å². The molecule has 94 heavy (non-hydrogen) atoms. The molecule has 0 spiro atoms. The summed E-state index contributed by atoms with van der Waals surface area (Å²) in [6.07, 6.45) is 103. The molecule has 0 aliphatic carbocycles. The van der Waals surface area contributed by atoms with E-state index < -0.39 is 26.5 Å². The molecule has 0 bridgehead atoms. The first-order valence-electron chi connectivity index (χ1n) is 40.3. The summed E-state index contributed by atoms with van der Waals surface area (Å²) in [5, 5.41) is 0. The number of carbonyl (C=O) groups excluding carboxylic acids is 2. The summed E-state index contributed by atoms with van der Waals surface area (Å²) in [4.78, 5) is 36.0. The predicted octanol–water partition coefficient (Wildman–Crippen LogP) is 26.8. The Labute approximate surface area is 583 Å². The normalized spacial score (nSPS) is 13.5. The van der Waals surface area contributed by atoms with Crippen molar-refractivity contribution in [2.24, 2.45) is 0 Å². The third-order valence-corrected chi connectivity index (χ3v) is 18.9. The van der Waals surface area contributed by atoms with Crippen LogP contribution in [0.2, 0.25) is 0 Å². The average molecular weight is 1340 g/mol. The number of phosphoric ester groups is 1. The Morgan fingerprint density at radius 2 is 0.606 bits per heavy atom. The summed E-state index contributed by atoms with van der Waals surface area (Å²) in [5.41, 5.74) is 0. The molecule has 10 heteroatoms. The summed E-state index contributed by atoms with van der Waals surface area (Å²) in [6, 6.07) is 0. The van der Waals surface area contributed by atoms with Crippen molar-refractivity contribution in [2.75, 3.05) is 47.5 Å². The molecule has 0 amide bonds. The number of likely N-dealkylation sites (N-methyl/N-ethyl adjacent to an activating group) is 1. The van der Waals surface area contributed by atoms with E-state index in [1.54, 1.807) is 0 Å². The first kappa shape index (κ1) is 91.2. The van der Waals surface area contributed by atoms with Crippen LogP contribution in [0, 0.1) is 0 Å². The zero-order valence-electron chi connectivity index (χ0n) is 62.7. The minimum Gasteiger partial charge on any atom is -0.462 e. The maximum absolute atomic E-state index is 12.9. The summed E-state index contributed by atoms with van der Waals surface area (Å²) in [5.74, 6) is -0.780. The van der Waals surface area contributed by atoms with Crippen molar-refractivity contribution in [1.82, 2.24) is 0 Å². The zero-order chi connectivity index (χ0) is 68.3. The first-order valence-corrected chi connectivity index (χ1v) is 41.8. The van der Waals surface area contributed by atoms with E-state index in [2.05, 4.69) is 98.9 Å². The molecule has 2 unspecified atom stereocenters. The number of hydrogen-bond donors (Lipinski definition) is 1. The number of ether oxygens (including phenoxy) is 2. The number of rotatable bonds is 75. The lowest BCUT2D eigenvalue weighted by molar-refractivity contribution is -0.870. The molecule has 0 fully saturated rings. The highest BCUT2D eigenvalue weighted by Gasteiger charge is 2.27. The van der Waals surface area contributed by atoms with Gasteiger partial charge in [0.05, 0.1) is 27.7 Å². The lowest BCUT2D eigenvalue weighted by Crippen LogP contribution is -2.37. The number of allylic oxidation sites excluding steroid dienone is 14. The zero-order valence-corrected chi connectivity index (χ0v) is 63.6. The van der Waals surface area contributed by atoms with Gasteiger partial charge in [-0.25, -0.2) is 4.57 Å². The molecule has 0 aliphatic heterocycles. The van der Waals surface area contributed by atoms with Gasteiger partial charge < -0.3 is 18.9 Å². The number of nitrogens with zero attached hydrogens (tertiary/aromatic N) is 1. The van der Waals surface area contributed by atoms with E-state index in [4.69, 9.17) is 18.5 Å². The van der Waals surface area contributed by atoms with Gasteiger partial charge in [0, 0.05) is 12.8 Å². The summed E-state index contributed by atoms with van der Waals surface area (Å²) < 4.78 is 34.8. The molecule has 0 rings (SSSR count). The molecule has 548 valence electrons. The minimum absolute atomic E-state index is 0.0318. The summed E-state index contributed by atoms with van der Waals surface area (Å²) in [6.45, 7) is 4.38. The molecule has 0 aromatic heterocycles. The molecular weight excluding hydrogens is 1180 g/mol. The Kier molecular flexibility index (Phi) is 72.2. The molecule has 0 saturated heterocycles. The van der Waals surface area contributed by atoms with E-state index in [1.165, 1.54) is 276 Å². The van der Waals surface area contributed by atoms with Crippen molar-refractivity contribution >= 4 is 19.8 Å². The van der Waals surface area contributed by atoms with E-state index in [0.29, 0.717) is 23.9 Å². The Bertz CT molecular complexity index is 1860. The smallest absolute Gasteiger partial charge is 0.462 e. The Balaban J connectivity index is 3.95. The molecule has 0 aromatic carbocycles. The molecule has 9 nitrogen and oxygen atoms in total. The average Bonchev–Trinajstić information content (AvgIpc) is 1.56. The van der Waals surface area contributed by atoms with Crippen LogP contribution < -0.4 is 0 Å². The maximum atomic E-state index is 12.9. The Morgan fingerprint density at radius 1 is 0.340 bits per heavy atom. The van der Waals surface area contributed by atoms with Gasteiger partial charge in [0.15, 0.2) is 6.10 Å². The van der Waals surface area contributed by atoms with Crippen molar-refractivity contribution < 1.29 is 42.1 Å². The predicted molar refractivity (Wildman–Crippen MR) is 409 cm³/mol. The van der Waals surface area contributed by atoms with Crippen LogP contribution in [0.15, 0.2) is 85.1 Å². The van der Waals surface area contributed by atoms with Crippen molar-refractivity contribution in [3.05, 3.63) is 85.1 Å². The Morgan fingerprint density at radius 3 is 0.904 bits per heavy atom. The second-order valence-electron chi connectivity index (χ2n) is 28.4. The van der Waals surface area contributed by atoms with Gasteiger partial charge in [-0.05, 0) is 70.6 Å². The second-order valence-corrected chi connectivity index (χ2v) is 29.9. The molecule has 2 atom stereocenters. The number of unbranched alkanes of at least 4 members (excludes halogenated alkanes) is 47. The maximum Gasteiger partial charge on any atom is 0.472 e. The van der Waals surface area contributed by atoms with E-state index >= 15 is 0 Å². The van der Waals surface area contributed by atoms with E-state index in [1.807, 2.05) is 21.1 Å². The van der Waals surface area contributed by atoms with Gasteiger partial charge in [-0.1, -0.05) is 388 Å². The van der Waals surface area contributed by atoms with Crippen molar-refractivity contribution in [1.29, 1.82) is 0 Å². The first-order chi connectivity index (χ1) is 46.0. The molecule has 0 radical (unpaired) electrons. The highest BCUT2D eigenvalue weighted by molar-refractivity contribution is 7.47. The number of quaternary nitrogens is 1. The third kappa shape index (κ3) is 78.2. The number of esters is 2. The van der Waals surface area contributed by atoms with Gasteiger partial charge in [-0.3, -0.25) is 18.6 Å². The fourth-order valence-electron chi connectivity index (χ4n) is 11.8. The third-order valence-electron chi connectivity index (χ3n) is 17.9. The molecule has 0 heterocycles. The molecular formula is C84H155NO8P+. The van der Waals surface area contributed by atoms with Crippen LogP contribution in [-0.4, -0.2) is 74.9 Å². The van der Waals surface area contributed by atoms with Gasteiger partial charge in [0.1, 0.15) is 19.8 Å². The summed E-state index contributed by atoms with van der Waals surface area (Å²) >= 11 is 0. The standard InChI is InChI=1S/C84H154NO8P/c1-6-8-10-12-14-16-18-20-22-24-26-28-30-32-34-36-38-40-41-42-43-45-47-49-51-53-55-57-59-61-63-65-67-69-71-73-75-77-84(87)93-82(81-92-94(88,89)91-79-78-85(3,4)5)80-90-83(86)76-74-72-70-68-66-64-62-60-58-56-54-52-50-48-46-44-39-37-35-33-31-29-27-25-23-21-19-17-15-13-11-9-7-2/h8,10,14,16,20,22,26,28,32,34,38,40,42-43,82H,6-7,9,11-13,15,17-19,21,23-25,27,29-31,33,35-37,39,41,44-81H2,1-5H3/p+1/b10-8-,16-14-,22-20-,28-26-,34-32-,40-38-,43-42-. The monoisotopic (exact) mass is 1340 g/mol. The highest BCUT2D eigenvalue weighted by Crippen LogP contribution is 2.43. The van der Waals surface area contributed by atoms with Gasteiger partial charge in [-0.2, -0.15) is 0 Å². The molecule has 0 aliphatic rings. The van der Waals surface area contributed by atoms with Crippen LogP contribution in [0.3, 0.4) is 0 Å². The van der Waals surface area contributed by atoms with Crippen LogP contribution in [0.1, 0.15) is 386 Å². The summed E-state index contributed by atoms with van der Waals surface area (Å²) in [7, 11) is 1.49. The van der Waals surface area contributed by atoms with Crippen LogP contribution in [-0.2, 0) is 32.7 Å². The fraction of sp³-hybridized carbons (Fsp3) is 0.810. The number of hydrogen-bond acceptors (Lipinski definition) is 7. The van der Waals surface area contributed by atoms with Crippen LogP contribution >= 0.6 is 7.82 Å². The van der Waals surface area contributed by atoms with Crippen LogP contribution in [0.25, 0.3) is 0 Å². The fourth-order valence-corrected chi connectivity index (χ4v) is 12.6. The number of phosphoric acid groups is 1. The van der Waals surface area contributed by atoms with Gasteiger partial charge in [-0.15, -0.1) is 0 Å². The molecule has 0 saturated carbocycles. The second kappa shape index (κ2) is 74.4. The lowest BCUT2D eigenvalue weighted by atomic mass is 10.0. The van der Waals surface area contributed by atoms with Gasteiger partial charge >= 0.3 is 19.8 Å². The van der Waals surface area contributed by atoms with E-state index in [9.17, 15) is 19.0 Å². The highest BCUT2D eigenvalue weighted by atomic mass is 31.2. The molecule has 1 N–H and O–H groups in total. The van der Waals surface area contributed by atoms with Crippen molar-refractivity contribution in [3.8, 4) is 0 Å². The largest absolute Gasteiger partial charge is 0.472 e. The van der Waals surface area contributed by atoms with Gasteiger partial charge in [0.2, 0.25) is 0 Å². The van der Waals surface area contributed by atoms with E-state index in [-0.39, 0.29) is 25.6 Å². The van der Waals surface area contributed by atoms with Crippen LogP contribution in [0.5, 0.6) is 0 Å². The molecule has 0 aromatic rings.